The van der Waals surface area contributed by atoms with Crippen molar-refractivity contribution in [3.8, 4) is 6.07 Å². The molecule has 2 heteroatoms. The van der Waals surface area contributed by atoms with Crippen LogP contribution in [0.5, 0.6) is 0 Å². The molecule has 0 amide bonds. The highest BCUT2D eigenvalue weighted by Gasteiger charge is 2.38. The summed E-state index contributed by atoms with van der Waals surface area (Å²) in [5.74, 6) is 2.04. The van der Waals surface area contributed by atoms with Crippen molar-refractivity contribution in [2.45, 2.75) is 31.9 Å². The van der Waals surface area contributed by atoms with E-state index in [-0.39, 0.29) is 5.92 Å². The van der Waals surface area contributed by atoms with Crippen molar-refractivity contribution in [3.05, 3.63) is 0 Å². The Labute approximate surface area is 73.2 Å². The minimum atomic E-state index is 0.222. The molecule has 1 nitrogen and oxygen atoms in total. The number of hydrogen-bond donors (Lipinski definition) is 0. The summed E-state index contributed by atoms with van der Waals surface area (Å²) in [4.78, 5) is 0. The summed E-state index contributed by atoms with van der Waals surface area (Å²) in [6.45, 7) is 6.55. The molecule has 1 rings (SSSR count). The Balaban J connectivity index is 2.66. The van der Waals surface area contributed by atoms with Crippen LogP contribution < -0.4 is 0 Å². The van der Waals surface area contributed by atoms with Crippen molar-refractivity contribution < 1.29 is 0 Å². The molecule has 2 unspecified atom stereocenters. The topological polar surface area (TPSA) is 23.8 Å². The number of thioether (sulfide) groups is 1. The highest BCUT2D eigenvalue weighted by atomic mass is 32.2. The number of hydrogen-bond acceptors (Lipinski definition) is 2. The monoisotopic (exact) mass is 169 g/mol. The van der Waals surface area contributed by atoms with E-state index in [0.717, 1.165) is 0 Å². The lowest BCUT2D eigenvalue weighted by molar-refractivity contribution is 0.360. The van der Waals surface area contributed by atoms with Gasteiger partial charge in [-0.2, -0.15) is 17.0 Å². The lowest BCUT2D eigenvalue weighted by atomic mass is 9.83. The average molecular weight is 169 g/mol. The van der Waals surface area contributed by atoms with Crippen LogP contribution >= 0.6 is 11.8 Å². The Morgan fingerprint density at radius 2 is 2.27 bits per heavy atom. The van der Waals surface area contributed by atoms with Gasteiger partial charge >= 0.3 is 0 Å². The first-order valence-corrected chi connectivity index (χ1v) is 5.10. The van der Waals surface area contributed by atoms with Gasteiger partial charge in [-0.3, -0.25) is 0 Å². The predicted molar refractivity (Wildman–Crippen MR) is 49.4 cm³/mol. The molecule has 0 aromatic carbocycles. The lowest BCUT2D eigenvalue weighted by Gasteiger charge is -2.27. The third kappa shape index (κ3) is 1.70. The second kappa shape index (κ2) is 3.06. The van der Waals surface area contributed by atoms with Gasteiger partial charge in [0.2, 0.25) is 0 Å². The number of nitriles is 1. The molecule has 62 valence electrons. The number of rotatable bonds is 1. The Bertz CT molecular complexity index is 180. The number of nitrogens with zero attached hydrogens (tertiary/aromatic N) is 1. The zero-order valence-corrected chi connectivity index (χ0v) is 8.24. The molecule has 0 spiro atoms. The molecular formula is C9H15NS. The van der Waals surface area contributed by atoms with Gasteiger partial charge in [0.25, 0.3) is 0 Å². The van der Waals surface area contributed by atoms with Gasteiger partial charge in [-0.25, -0.2) is 0 Å². The minimum absolute atomic E-state index is 0.222. The van der Waals surface area contributed by atoms with Crippen molar-refractivity contribution in [1.82, 2.24) is 0 Å². The van der Waals surface area contributed by atoms with E-state index in [0.29, 0.717) is 10.7 Å². The molecule has 1 heterocycles. The fourth-order valence-corrected chi connectivity index (χ4v) is 3.28. The summed E-state index contributed by atoms with van der Waals surface area (Å²) < 4.78 is 0.329. The molecule has 1 saturated heterocycles. The fourth-order valence-electron chi connectivity index (χ4n) is 1.85. The largest absolute Gasteiger partial charge is 0.198 e. The molecule has 0 radical (unpaired) electrons. The normalized spacial score (nSPS) is 31.3. The molecule has 11 heavy (non-hydrogen) atoms. The second-order valence-corrected chi connectivity index (χ2v) is 5.51. The van der Waals surface area contributed by atoms with E-state index in [1.165, 1.54) is 12.2 Å². The Morgan fingerprint density at radius 3 is 2.64 bits per heavy atom. The third-order valence-corrected chi connectivity index (χ3v) is 4.09. The molecule has 0 aliphatic carbocycles. The average Bonchev–Trinajstić information content (AvgIpc) is 2.28. The zero-order valence-electron chi connectivity index (χ0n) is 7.42. The van der Waals surface area contributed by atoms with Crippen LogP contribution in [-0.4, -0.2) is 10.5 Å². The van der Waals surface area contributed by atoms with Crippen LogP contribution in [0.15, 0.2) is 0 Å². The molecule has 1 aliphatic rings. The summed E-state index contributed by atoms with van der Waals surface area (Å²) in [5.41, 5.74) is 0. The van der Waals surface area contributed by atoms with Crippen LogP contribution in [0, 0.1) is 23.2 Å². The third-order valence-electron chi connectivity index (χ3n) is 2.60. The summed E-state index contributed by atoms with van der Waals surface area (Å²) in [7, 11) is 0. The van der Waals surface area contributed by atoms with Gasteiger partial charge in [0.15, 0.2) is 0 Å². The van der Waals surface area contributed by atoms with Crippen molar-refractivity contribution in [2.24, 2.45) is 11.8 Å². The van der Waals surface area contributed by atoms with Crippen LogP contribution in [-0.2, 0) is 0 Å². The first kappa shape index (κ1) is 8.93. The van der Waals surface area contributed by atoms with E-state index in [9.17, 15) is 0 Å². The SMILES string of the molecule is CC(C#N)C1CCSC1(C)C. The Hall–Kier alpha value is -0.160. The van der Waals surface area contributed by atoms with Crippen molar-refractivity contribution in [2.75, 3.05) is 5.75 Å². The van der Waals surface area contributed by atoms with E-state index in [2.05, 4.69) is 19.9 Å². The highest BCUT2D eigenvalue weighted by Crippen LogP contribution is 2.45. The zero-order chi connectivity index (χ0) is 8.48. The smallest absolute Gasteiger partial charge is 0.0656 e. The van der Waals surface area contributed by atoms with E-state index in [1.807, 2.05) is 18.7 Å². The van der Waals surface area contributed by atoms with Gasteiger partial charge in [0, 0.05) is 10.7 Å². The summed E-state index contributed by atoms with van der Waals surface area (Å²) >= 11 is 2.00. The van der Waals surface area contributed by atoms with Crippen molar-refractivity contribution >= 4 is 11.8 Å². The van der Waals surface area contributed by atoms with Gasteiger partial charge in [0.1, 0.15) is 0 Å². The van der Waals surface area contributed by atoms with Crippen LogP contribution in [0.4, 0.5) is 0 Å². The summed E-state index contributed by atoms with van der Waals surface area (Å²) in [6, 6.07) is 2.35. The molecule has 0 bridgehead atoms. The van der Waals surface area contributed by atoms with E-state index < -0.39 is 0 Å². The quantitative estimate of drug-likeness (QED) is 0.602. The van der Waals surface area contributed by atoms with Crippen LogP contribution in [0.25, 0.3) is 0 Å². The van der Waals surface area contributed by atoms with Gasteiger partial charge in [-0.15, -0.1) is 0 Å². The lowest BCUT2D eigenvalue weighted by Crippen LogP contribution is -2.26. The van der Waals surface area contributed by atoms with E-state index in [1.54, 1.807) is 0 Å². The van der Waals surface area contributed by atoms with Crippen molar-refractivity contribution in [3.63, 3.8) is 0 Å². The van der Waals surface area contributed by atoms with Gasteiger partial charge < -0.3 is 0 Å². The Morgan fingerprint density at radius 1 is 1.64 bits per heavy atom. The fraction of sp³-hybridized carbons (Fsp3) is 0.889. The van der Waals surface area contributed by atoms with E-state index in [4.69, 9.17) is 5.26 Å². The standard InChI is InChI=1S/C9H15NS/c1-7(6-10)8-4-5-11-9(8,2)3/h7-8H,4-5H2,1-3H3. The Kier molecular flexibility index (Phi) is 2.49. The maximum Gasteiger partial charge on any atom is 0.0656 e. The molecule has 1 fully saturated rings. The maximum atomic E-state index is 8.77. The highest BCUT2D eigenvalue weighted by molar-refractivity contribution is 8.00. The van der Waals surface area contributed by atoms with Crippen LogP contribution in [0.1, 0.15) is 27.2 Å². The first-order valence-electron chi connectivity index (χ1n) is 4.11. The molecule has 0 aromatic rings. The van der Waals surface area contributed by atoms with Gasteiger partial charge in [0.05, 0.1) is 6.07 Å². The van der Waals surface area contributed by atoms with Gasteiger partial charge in [-0.1, -0.05) is 13.8 Å². The molecule has 1 aliphatic heterocycles. The van der Waals surface area contributed by atoms with Crippen molar-refractivity contribution in [1.29, 1.82) is 5.26 Å². The summed E-state index contributed by atoms with van der Waals surface area (Å²) in [6.07, 6.45) is 1.21. The maximum absolute atomic E-state index is 8.77. The summed E-state index contributed by atoms with van der Waals surface area (Å²) in [5, 5.41) is 8.77. The molecule has 0 aromatic heterocycles. The van der Waals surface area contributed by atoms with Crippen LogP contribution in [0.3, 0.4) is 0 Å². The molecule has 0 N–H and O–H groups in total. The molecule has 2 atom stereocenters. The molecule has 0 saturated carbocycles. The van der Waals surface area contributed by atoms with Crippen LogP contribution in [0.2, 0.25) is 0 Å². The predicted octanol–water partition coefficient (Wildman–Crippen LogP) is 2.68. The molecular weight excluding hydrogens is 154 g/mol. The minimum Gasteiger partial charge on any atom is -0.198 e. The van der Waals surface area contributed by atoms with E-state index >= 15 is 0 Å². The first-order chi connectivity index (χ1) is 5.08. The second-order valence-electron chi connectivity index (χ2n) is 3.76. The van der Waals surface area contributed by atoms with Gasteiger partial charge in [-0.05, 0) is 25.0 Å².